The lowest BCUT2D eigenvalue weighted by atomic mass is 10.2. The van der Waals surface area contributed by atoms with Crippen LogP contribution in [0.4, 0.5) is 0 Å². The van der Waals surface area contributed by atoms with Crippen LogP contribution in [-0.4, -0.2) is 39.1 Å². The molecule has 4 rings (SSSR count). The molecule has 4 aromatic rings. The monoisotopic (exact) mass is 395 g/mol. The summed E-state index contributed by atoms with van der Waals surface area (Å²) in [5, 5.41) is 13.0. The number of nitrogens with zero attached hydrogens (tertiary/aromatic N) is 5. The Balaban J connectivity index is 1.49. The number of methoxy groups -OCH3 is 2. The van der Waals surface area contributed by atoms with Crippen LogP contribution in [0.3, 0.4) is 0 Å². The summed E-state index contributed by atoms with van der Waals surface area (Å²) in [7, 11) is 3.26. The molecule has 0 unspecified atom stereocenters. The fraction of sp³-hybridized carbons (Fsp3) is 0.158. The van der Waals surface area contributed by atoms with Crippen molar-refractivity contribution in [1.29, 1.82) is 0 Å². The van der Waals surface area contributed by atoms with Crippen molar-refractivity contribution in [3.8, 4) is 28.6 Å². The molecule has 0 N–H and O–H groups in total. The second-order valence-corrected chi connectivity index (χ2v) is 6.63. The summed E-state index contributed by atoms with van der Waals surface area (Å²) < 4.78 is 17.8. The Morgan fingerprint density at radius 1 is 1.04 bits per heavy atom. The molecule has 0 bridgehead atoms. The molecule has 2 heterocycles. The Labute approximate surface area is 165 Å². The van der Waals surface area contributed by atoms with Gasteiger partial charge in [0.2, 0.25) is 0 Å². The predicted molar refractivity (Wildman–Crippen MR) is 104 cm³/mol. The molecule has 28 heavy (non-hydrogen) atoms. The summed E-state index contributed by atoms with van der Waals surface area (Å²) in [6, 6.07) is 15.1. The van der Waals surface area contributed by atoms with Crippen LogP contribution < -0.4 is 9.47 Å². The van der Waals surface area contributed by atoms with Gasteiger partial charge < -0.3 is 14.0 Å². The Hall–Kier alpha value is -3.33. The molecule has 9 heteroatoms. The van der Waals surface area contributed by atoms with Crippen molar-refractivity contribution in [3.63, 3.8) is 0 Å². The maximum absolute atomic E-state index is 5.42. The number of hydrogen-bond acceptors (Lipinski definition) is 8. The molecule has 0 aliphatic rings. The third-order valence-electron chi connectivity index (χ3n) is 4.00. The SMILES string of the molecule is COc1ccc(-c2nc(CSc3nncn3-c3ccccc3OC)no2)cc1. The van der Waals surface area contributed by atoms with Crippen molar-refractivity contribution >= 4 is 11.8 Å². The number of hydrogen-bond donors (Lipinski definition) is 0. The molecule has 0 aliphatic heterocycles. The smallest absolute Gasteiger partial charge is 0.257 e. The minimum absolute atomic E-state index is 0.462. The van der Waals surface area contributed by atoms with E-state index in [1.807, 2.05) is 53.1 Å². The average Bonchev–Trinajstić information content (AvgIpc) is 3.41. The Bertz CT molecular complexity index is 1060. The van der Waals surface area contributed by atoms with Crippen molar-refractivity contribution in [3.05, 3.63) is 60.7 Å². The number of aromatic nitrogens is 5. The second kappa shape index (κ2) is 8.13. The molecule has 2 aromatic carbocycles. The van der Waals surface area contributed by atoms with Crippen molar-refractivity contribution in [2.75, 3.05) is 14.2 Å². The van der Waals surface area contributed by atoms with Crippen LogP contribution in [0.25, 0.3) is 17.1 Å². The second-order valence-electron chi connectivity index (χ2n) is 5.69. The molecule has 0 fully saturated rings. The van der Waals surface area contributed by atoms with Crippen LogP contribution in [0.5, 0.6) is 11.5 Å². The van der Waals surface area contributed by atoms with Crippen LogP contribution in [0, 0.1) is 0 Å². The molecule has 0 atom stereocenters. The van der Waals surface area contributed by atoms with Gasteiger partial charge >= 0.3 is 0 Å². The summed E-state index contributed by atoms with van der Waals surface area (Å²) in [4.78, 5) is 4.45. The van der Waals surface area contributed by atoms with Gasteiger partial charge in [-0.1, -0.05) is 29.1 Å². The van der Waals surface area contributed by atoms with Gasteiger partial charge in [-0.2, -0.15) is 4.98 Å². The largest absolute Gasteiger partial charge is 0.497 e. The first-order chi connectivity index (χ1) is 13.8. The quantitative estimate of drug-likeness (QED) is 0.438. The highest BCUT2D eigenvalue weighted by atomic mass is 32.2. The standard InChI is InChI=1S/C19H17N5O3S/c1-25-14-9-7-13(8-10-14)18-21-17(23-27-18)11-28-19-22-20-12-24(19)15-5-3-4-6-16(15)26-2/h3-10,12H,11H2,1-2H3. The number of rotatable bonds is 7. The normalized spacial score (nSPS) is 10.8. The number of thioether (sulfide) groups is 1. The van der Waals surface area contributed by atoms with Gasteiger partial charge in [-0.15, -0.1) is 10.2 Å². The number of ether oxygens (including phenoxy) is 2. The van der Waals surface area contributed by atoms with Gasteiger partial charge in [-0.25, -0.2) is 0 Å². The number of benzene rings is 2. The lowest BCUT2D eigenvalue weighted by molar-refractivity contribution is 0.412. The fourth-order valence-corrected chi connectivity index (χ4v) is 3.37. The zero-order valence-corrected chi connectivity index (χ0v) is 16.1. The van der Waals surface area contributed by atoms with E-state index in [1.54, 1.807) is 20.5 Å². The molecule has 8 nitrogen and oxygen atoms in total. The molecular weight excluding hydrogens is 378 g/mol. The lowest BCUT2D eigenvalue weighted by Crippen LogP contribution is -1.99. The Morgan fingerprint density at radius 3 is 2.64 bits per heavy atom. The first-order valence-electron chi connectivity index (χ1n) is 8.41. The van der Waals surface area contributed by atoms with Gasteiger partial charge in [0.25, 0.3) is 5.89 Å². The van der Waals surface area contributed by atoms with E-state index < -0.39 is 0 Å². The van der Waals surface area contributed by atoms with Crippen molar-refractivity contribution < 1.29 is 14.0 Å². The van der Waals surface area contributed by atoms with Crippen molar-refractivity contribution in [2.45, 2.75) is 10.9 Å². The predicted octanol–water partition coefficient (Wildman–Crippen LogP) is 3.63. The van der Waals surface area contributed by atoms with E-state index in [0.29, 0.717) is 22.6 Å². The zero-order valence-electron chi connectivity index (χ0n) is 15.3. The van der Waals surface area contributed by atoms with Crippen LogP contribution >= 0.6 is 11.8 Å². The average molecular weight is 395 g/mol. The summed E-state index contributed by atoms with van der Waals surface area (Å²) >= 11 is 1.46. The maximum atomic E-state index is 5.42. The van der Waals surface area contributed by atoms with E-state index in [1.165, 1.54) is 11.8 Å². The minimum atomic E-state index is 0.462. The zero-order chi connectivity index (χ0) is 19.3. The summed E-state index contributed by atoms with van der Waals surface area (Å²) in [5.74, 6) is 3.04. The third kappa shape index (κ3) is 3.70. The maximum Gasteiger partial charge on any atom is 0.257 e. The van der Waals surface area contributed by atoms with Gasteiger partial charge in [0, 0.05) is 5.56 Å². The molecule has 2 aromatic heterocycles. The van der Waals surface area contributed by atoms with E-state index in [9.17, 15) is 0 Å². The molecule has 0 radical (unpaired) electrons. The molecule has 0 aliphatic carbocycles. The molecule has 0 spiro atoms. The molecule has 0 saturated heterocycles. The summed E-state index contributed by atoms with van der Waals surface area (Å²) in [6.45, 7) is 0. The first kappa shape index (κ1) is 18.1. The third-order valence-corrected chi connectivity index (χ3v) is 4.94. The minimum Gasteiger partial charge on any atom is -0.497 e. The van der Waals surface area contributed by atoms with Crippen molar-refractivity contribution in [1.82, 2.24) is 24.9 Å². The van der Waals surface area contributed by atoms with E-state index in [2.05, 4.69) is 20.3 Å². The van der Waals surface area contributed by atoms with E-state index in [-0.39, 0.29) is 0 Å². The van der Waals surface area contributed by atoms with Gasteiger partial charge in [0.05, 0.1) is 25.7 Å². The van der Waals surface area contributed by atoms with Crippen molar-refractivity contribution in [2.24, 2.45) is 0 Å². The van der Waals surface area contributed by atoms with E-state index in [0.717, 1.165) is 22.7 Å². The topological polar surface area (TPSA) is 88.1 Å². The van der Waals surface area contributed by atoms with Gasteiger partial charge in [-0.3, -0.25) is 4.57 Å². The van der Waals surface area contributed by atoms with Gasteiger partial charge in [-0.05, 0) is 36.4 Å². The van der Waals surface area contributed by atoms with Crippen LogP contribution in [0.2, 0.25) is 0 Å². The summed E-state index contributed by atoms with van der Waals surface area (Å²) in [5.41, 5.74) is 1.70. The number of para-hydroxylation sites is 2. The first-order valence-corrected chi connectivity index (χ1v) is 9.40. The molecule has 0 saturated carbocycles. The van der Waals surface area contributed by atoms with E-state index >= 15 is 0 Å². The Morgan fingerprint density at radius 2 is 1.86 bits per heavy atom. The van der Waals surface area contributed by atoms with Crippen LogP contribution in [-0.2, 0) is 5.75 Å². The highest BCUT2D eigenvalue weighted by Gasteiger charge is 2.14. The molecular formula is C19H17N5O3S. The van der Waals surface area contributed by atoms with Gasteiger partial charge in [0.15, 0.2) is 11.0 Å². The molecule has 0 amide bonds. The van der Waals surface area contributed by atoms with Crippen LogP contribution in [0.1, 0.15) is 5.82 Å². The highest BCUT2D eigenvalue weighted by Crippen LogP contribution is 2.28. The lowest BCUT2D eigenvalue weighted by Gasteiger charge is -2.10. The highest BCUT2D eigenvalue weighted by molar-refractivity contribution is 7.98. The Kier molecular flexibility index (Phi) is 5.24. The van der Waals surface area contributed by atoms with E-state index in [4.69, 9.17) is 14.0 Å². The fourth-order valence-electron chi connectivity index (χ4n) is 2.61. The van der Waals surface area contributed by atoms with Gasteiger partial charge in [0.1, 0.15) is 17.8 Å². The molecule has 142 valence electrons. The summed E-state index contributed by atoms with van der Waals surface area (Å²) in [6.07, 6.45) is 1.65. The van der Waals surface area contributed by atoms with Crippen LogP contribution in [0.15, 0.2) is 64.5 Å².